The van der Waals surface area contributed by atoms with Crippen molar-refractivity contribution in [1.29, 1.82) is 0 Å². The van der Waals surface area contributed by atoms with Crippen LogP contribution < -0.4 is 5.11 Å². The van der Waals surface area contributed by atoms with Crippen LogP contribution in [0.2, 0.25) is 0 Å². The summed E-state index contributed by atoms with van der Waals surface area (Å²) < 4.78 is 31.8. The van der Waals surface area contributed by atoms with Crippen LogP contribution in [0.15, 0.2) is 33.7 Å². The lowest BCUT2D eigenvalue weighted by atomic mass is 9.96. The number of fused-ring (bicyclic) bond motifs is 1. The molecular formula is C15H15N2O5S-. The van der Waals surface area contributed by atoms with Gasteiger partial charge in [-0.15, -0.1) is 0 Å². The maximum absolute atomic E-state index is 12.9. The topological polar surface area (TPSA) is 104 Å². The Bertz CT molecular complexity index is 852. The van der Waals surface area contributed by atoms with Gasteiger partial charge in [0.05, 0.1) is 12.0 Å². The molecule has 2 heterocycles. The molecule has 0 fully saturated rings. The third kappa shape index (κ3) is 2.53. The molecule has 8 heteroatoms. The molecule has 0 saturated heterocycles. The van der Waals surface area contributed by atoms with Gasteiger partial charge in [-0.3, -0.25) is 0 Å². The Balaban J connectivity index is 2.12. The number of aromatic nitrogens is 1. The number of carboxylic acids is 1. The number of nitrogens with zero attached hydrogens (tertiary/aromatic N) is 2. The second-order valence-corrected chi connectivity index (χ2v) is 7.34. The summed E-state index contributed by atoms with van der Waals surface area (Å²) in [7, 11) is -4.06. The molecule has 0 bridgehead atoms. The van der Waals surface area contributed by atoms with Crippen LogP contribution in [0.4, 0.5) is 0 Å². The molecule has 23 heavy (non-hydrogen) atoms. The van der Waals surface area contributed by atoms with E-state index in [4.69, 9.17) is 4.52 Å². The summed E-state index contributed by atoms with van der Waals surface area (Å²) in [6, 6.07) is 5.91. The van der Waals surface area contributed by atoms with Gasteiger partial charge in [-0.05, 0) is 31.4 Å². The highest BCUT2D eigenvalue weighted by molar-refractivity contribution is 7.89. The van der Waals surface area contributed by atoms with E-state index in [2.05, 4.69) is 5.16 Å². The summed E-state index contributed by atoms with van der Waals surface area (Å²) in [6.07, 6.45) is 0.0705. The SMILES string of the molecule is Cc1noc(C)c1S(=O)(=O)N1Cc2ccccc2C[C@@H]1C(=O)[O-]. The van der Waals surface area contributed by atoms with Gasteiger partial charge in [-0.2, -0.15) is 4.31 Å². The van der Waals surface area contributed by atoms with Crippen molar-refractivity contribution in [1.82, 2.24) is 9.46 Å². The number of rotatable bonds is 3. The van der Waals surface area contributed by atoms with E-state index in [9.17, 15) is 18.3 Å². The van der Waals surface area contributed by atoms with E-state index in [0.717, 1.165) is 15.4 Å². The smallest absolute Gasteiger partial charge is 0.249 e. The Labute approximate surface area is 133 Å². The predicted octanol–water partition coefficient (Wildman–Crippen LogP) is 0.157. The molecular weight excluding hydrogens is 320 g/mol. The monoisotopic (exact) mass is 335 g/mol. The van der Waals surface area contributed by atoms with Crippen molar-refractivity contribution in [2.75, 3.05) is 0 Å². The fourth-order valence-corrected chi connectivity index (χ4v) is 4.76. The average Bonchev–Trinajstić information content (AvgIpc) is 2.85. The van der Waals surface area contributed by atoms with Gasteiger partial charge >= 0.3 is 0 Å². The average molecular weight is 335 g/mol. The van der Waals surface area contributed by atoms with Crippen LogP contribution >= 0.6 is 0 Å². The van der Waals surface area contributed by atoms with Gasteiger partial charge in [0, 0.05) is 6.54 Å². The molecule has 0 spiro atoms. The highest BCUT2D eigenvalue weighted by Crippen LogP contribution is 2.31. The zero-order valence-electron chi connectivity index (χ0n) is 12.6. The van der Waals surface area contributed by atoms with Gasteiger partial charge in [0.1, 0.15) is 10.6 Å². The Hall–Kier alpha value is -2.19. The van der Waals surface area contributed by atoms with E-state index >= 15 is 0 Å². The van der Waals surface area contributed by atoms with Crippen LogP contribution in [0, 0.1) is 13.8 Å². The van der Waals surface area contributed by atoms with E-state index in [1.54, 1.807) is 24.3 Å². The molecule has 122 valence electrons. The van der Waals surface area contributed by atoms with Gasteiger partial charge in [-0.1, -0.05) is 29.4 Å². The number of aliphatic carboxylic acids is 1. The molecule has 2 aromatic rings. The van der Waals surface area contributed by atoms with E-state index < -0.39 is 22.0 Å². The van der Waals surface area contributed by atoms with Crippen molar-refractivity contribution in [3.05, 3.63) is 46.8 Å². The predicted molar refractivity (Wildman–Crippen MR) is 77.6 cm³/mol. The minimum absolute atomic E-state index is 0.0266. The molecule has 0 N–H and O–H groups in total. The Morgan fingerprint density at radius 3 is 2.52 bits per heavy atom. The summed E-state index contributed by atoms with van der Waals surface area (Å²) in [5.41, 5.74) is 1.80. The number of sulfonamides is 1. The van der Waals surface area contributed by atoms with Crippen LogP contribution in [-0.4, -0.2) is 29.9 Å². The normalized spacial score (nSPS) is 18.6. The maximum Gasteiger partial charge on any atom is 0.249 e. The molecule has 0 unspecified atom stereocenters. The molecule has 3 rings (SSSR count). The largest absolute Gasteiger partial charge is 0.548 e. The van der Waals surface area contributed by atoms with Crippen LogP contribution in [0.1, 0.15) is 22.6 Å². The lowest BCUT2D eigenvalue weighted by Crippen LogP contribution is -2.53. The zero-order valence-corrected chi connectivity index (χ0v) is 13.5. The zero-order chi connectivity index (χ0) is 16.8. The molecule has 0 amide bonds. The fourth-order valence-electron chi connectivity index (χ4n) is 2.91. The van der Waals surface area contributed by atoms with E-state index in [0.29, 0.717) is 0 Å². The van der Waals surface area contributed by atoms with Crippen molar-refractivity contribution < 1.29 is 22.8 Å². The van der Waals surface area contributed by atoms with Crippen molar-refractivity contribution in [3.63, 3.8) is 0 Å². The van der Waals surface area contributed by atoms with Crippen LogP contribution in [-0.2, 0) is 27.8 Å². The van der Waals surface area contributed by atoms with Crippen molar-refractivity contribution in [2.24, 2.45) is 0 Å². The number of carbonyl (C=O) groups excluding carboxylic acids is 1. The number of hydrogen-bond acceptors (Lipinski definition) is 6. The molecule has 1 aromatic heterocycles. The summed E-state index contributed by atoms with van der Waals surface area (Å²) in [6.45, 7) is 2.97. The van der Waals surface area contributed by atoms with Gasteiger partial charge in [-0.25, -0.2) is 8.42 Å². The first-order chi connectivity index (χ1) is 10.8. The third-order valence-electron chi connectivity index (χ3n) is 4.01. The Morgan fingerprint density at radius 2 is 1.96 bits per heavy atom. The number of aryl methyl sites for hydroxylation is 2. The number of hydrogen-bond donors (Lipinski definition) is 0. The third-order valence-corrected chi connectivity index (χ3v) is 6.11. The molecule has 0 radical (unpaired) electrons. The summed E-state index contributed by atoms with van der Waals surface area (Å²) >= 11 is 0. The quantitative estimate of drug-likeness (QED) is 0.791. The molecule has 1 aliphatic rings. The lowest BCUT2D eigenvalue weighted by molar-refractivity contribution is -0.310. The maximum atomic E-state index is 12.9. The highest BCUT2D eigenvalue weighted by Gasteiger charge is 2.39. The van der Waals surface area contributed by atoms with Crippen molar-refractivity contribution >= 4 is 16.0 Å². The highest BCUT2D eigenvalue weighted by atomic mass is 32.2. The molecule has 0 aliphatic carbocycles. The number of benzene rings is 1. The number of carbonyl (C=O) groups is 1. The first kappa shape index (κ1) is 15.7. The first-order valence-corrected chi connectivity index (χ1v) is 8.48. The Kier molecular flexibility index (Phi) is 3.73. The van der Waals surface area contributed by atoms with Crippen molar-refractivity contribution in [3.8, 4) is 0 Å². The first-order valence-electron chi connectivity index (χ1n) is 7.04. The fraction of sp³-hybridized carbons (Fsp3) is 0.333. The summed E-state index contributed by atoms with van der Waals surface area (Å²) in [5, 5.41) is 15.2. The van der Waals surface area contributed by atoms with Gasteiger partial charge in [0.15, 0.2) is 5.76 Å². The van der Waals surface area contributed by atoms with E-state index in [-0.39, 0.29) is 29.3 Å². The van der Waals surface area contributed by atoms with Gasteiger partial charge < -0.3 is 14.4 Å². The van der Waals surface area contributed by atoms with Crippen LogP contribution in [0.25, 0.3) is 0 Å². The molecule has 1 aromatic carbocycles. The lowest BCUT2D eigenvalue weighted by Gasteiger charge is -2.36. The summed E-state index contributed by atoms with van der Waals surface area (Å²) in [5.74, 6) is -1.28. The summed E-state index contributed by atoms with van der Waals surface area (Å²) in [4.78, 5) is 11.4. The van der Waals surface area contributed by atoms with Gasteiger partial charge in [0.25, 0.3) is 0 Å². The number of carboxylic acid groups (broad SMARTS) is 1. The molecule has 1 atom stereocenters. The van der Waals surface area contributed by atoms with Crippen LogP contribution in [0.3, 0.4) is 0 Å². The van der Waals surface area contributed by atoms with E-state index in [1.165, 1.54) is 13.8 Å². The molecule has 7 nitrogen and oxygen atoms in total. The Morgan fingerprint density at radius 1 is 1.30 bits per heavy atom. The van der Waals surface area contributed by atoms with Crippen molar-refractivity contribution in [2.45, 2.75) is 37.8 Å². The molecule has 1 aliphatic heterocycles. The second-order valence-electron chi connectivity index (χ2n) is 5.51. The second kappa shape index (κ2) is 5.47. The van der Waals surface area contributed by atoms with E-state index in [1.807, 2.05) is 0 Å². The minimum atomic E-state index is -4.06. The van der Waals surface area contributed by atoms with Gasteiger partial charge in [0.2, 0.25) is 10.0 Å². The van der Waals surface area contributed by atoms with Crippen LogP contribution in [0.5, 0.6) is 0 Å². The molecule has 0 saturated carbocycles. The standard InChI is InChI=1S/C15H16N2O5S/c1-9-14(10(2)22-16-9)23(20,21)17-8-12-6-4-3-5-11(12)7-13(17)15(18)19/h3-6,13H,7-8H2,1-2H3,(H,18,19)/p-1/t13-/m1/s1. The minimum Gasteiger partial charge on any atom is -0.548 e.